The molecule has 2 aromatic rings. The molecule has 0 aliphatic carbocycles. The number of hydrogen-bond donors (Lipinski definition) is 12. The van der Waals surface area contributed by atoms with E-state index in [0.29, 0.717) is 44.6 Å². The lowest BCUT2D eigenvalue weighted by molar-refractivity contribution is -0.139. The molecule has 1 aromatic carbocycles. The van der Waals surface area contributed by atoms with Crippen LogP contribution in [0.5, 0.6) is 0 Å². The second-order valence-corrected chi connectivity index (χ2v) is 11.2. The van der Waals surface area contributed by atoms with E-state index in [1.807, 2.05) is 50.6 Å². The molecule has 2 rings (SSSR count). The van der Waals surface area contributed by atoms with Crippen LogP contribution in [0.3, 0.4) is 0 Å². The molecule has 0 saturated heterocycles. The molecule has 0 fully saturated rings. The van der Waals surface area contributed by atoms with Gasteiger partial charge in [-0.25, -0.2) is 0 Å². The number of aliphatic carboxylic acids is 4. The lowest BCUT2D eigenvalue weighted by Gasteiger charge is -2.07. The Labute approximate surface area is 267 Å². The first-order valence-corrected chi connectivity index (χ1v) is 15.4. The number of aromatic nitrogens is 1. The summed E-state index contributed by atoms with van der Waals surface area (Å²) in [5.41, 5.74) is 28.1. The summed E-state index contributed by atoms with van der Waals surface area (Å²) in [6, 6.07) is 4.72. The summed E-state index contributed by atoms with van der Waals surface area (Å²) in [5.74, 6) is -2.74. The van der Waals surface area contributed by atoms with Crippen LogP contribution in [0, 0.1) is 11.3 Å². The van der Waals surface area contributed by atoms with Crippen molar-refractivity contribution >= 4 is 52.5 Å². The predicted octanol–water partition coefficient (Wildman–Crippen LogP) is 0.380. The number of aromatic amines is 1. The third-order valence-electron chi connectivity index (χ3n) is 5.75. The van der Waals surface area contributed by atoms with Crippen molar-refractivity contribution in [1.82, 2.24) is 10.3 Å². The number of thioether (sulfide) groups is 1. The van der Waals surface area contributed by atoms with Gasteiger partial charge in [0.05, 0.1) is 0 Å². The first-order chi connectivity index (χ1) is 20.9. The van der Waals surface area contributed by atoms with Crippen molar-refractivity contribution in [3.63, 3.8) is 0 Å². The highest BCUT2D eigenvalue weighted by Crippen LogP contribution is 2.18. The Morgan fingerprint density at radius 3 is 1.82 bits per heavy atom. The highest BCUT2D eigenvalue weighted by atomic mass is 32.2. The minimum atomic E-state index is -1.00. The molecule has 45 heavy (non-hydrogen) atoms. The van der Waals surface area contributed by atoms with Crippen LogP contribution in [-0.4, -0.2) is 98.0 Å². The van der Waals surface area contributed by atoms with E-state index < -0.39 is 48.0 Å². The Morgan fingerprint density at radius 2 is 1.38 bits per heavy atom. The van der Waals surface area contributed by atoms with Gasteiger partial charge in [-0.05, 0) is 55.2 Å². The average Bonchev–Trinajstić information content (AvgIpc) is 3.36. The summed E-state index contributed by atoms with van der Waals surface area (Å²) in [4.78, 5) is 44.1. The maximum atomic E-state index is 10.6. The Bertz CT molecular complexity index is 1180. The van der Waals surface area contributed by atoms with Crippen LogP contribution in [-0.2, 0) is 25.6 Å². The normalized spacial score (nSPS) is 12.9. The molecule has 0 saturated carbocycles. The fourth-order valence-corrected chi connectivity index (χ4v) is 3.76. The number of benzene rings is 1. The van der Waals surface area contributed by atoms with Crippen LogP contribution in [0.1, 0.15) is 45.1 Å². The molecule has 4 atom stereocenters. The minimum absolute atomic E-state index is 0.112. The third kappa shape index (κ3) is 22.3. The number of carboxylic acids is 4. The number of carbonyl (C=O) groups is 4. The summed E-state index contributed by atoms with van der Waals surface area (Å²) >= 11 is 1.60. The van der Waals surface area contributed by atoms with Gasteiger partial charge in [-0.2, -0.15) is 11.8 Å². The molecule has 16 nitrogen and oxygen atoms in total. The molecule has 0 amide bonds. The fraction of sp³-hybridized carbons (Fsp3) is 0.536. The molecule has 0 spiro atoms. The molecule has 1 aromatic heterocycles. The van der Waals surface area contributed by atoms with Crippen LogP contribution in [0.2, 0.25) is 0 Å². The highest BCUT2D eigenvalue weighted by molar-refractivity contribution is 7.98. The van der Waals surface area contributed by atoms with Gasteiger partial charge in [0.25, 0.3) is 0 Å². The quantitative estimate of drug-likeness (QED) is 0.0699. The highest BCUT2D eigenvalue weighted by Gasteiger charge is 2.15. The zero-order valence-corrected chi connectivity index (χ0v) is 26.8. The molecule has 0 bridgehead atoms. The molecule has 17 heteroatoms. The maximum absolute atomic E-state index is 10.6. The molecule has 0 aliphatic rings. The number of fused-ring (bicyclic) bond motifs is 1. The van der Waals surface area contributed by atoms with Crippen LogP contribution in [0.15, 0.2) is 30.5 Å². The van der Waals surface area contributed by atoms with E-state index in [9.17, 15) is 19.2 Å². The van der Waals surface area contributed by atoms with Gasteiger partial charge in [-0.15, -0.1) is 0 Å². The van der Waals surface area contributed by atoms with Gasteiger partial charge in [0.1, 0.15) is 24.2 Å². The predicted molar refractivity (Wildman–Crippen MR) is 176 cm³/mol. The van der Waals surface area contributed by atoms with Gasteiger partial charge < -0.3 is 59.4 Å². The maximum Gasteiger partial charge on any atom is 0.320 e. The molecular formula is C28H50N8O8S. The number of nitrogens with one attached hydrogen (secondary N) is 3. The minimum Gasteiger partial charge on any atom is -0.480 e. The van der Waals surface area contributed by atoms with Crippen molar-refractivity contribution in [2.75, 3.05) is 18.6 Å². The standard InChI is InChI=1S/C11H12N2O2.C6H14N4O2.C6H13NO2.C5H11NO2S/c12-9(11(14)15)5-7-6-13-10-4-2-1-3-8(7)10;7-4(5(11)12)2-1-3-10-6(8)9;1-4(2)3-5(7)6(8)9;1-9-3-2-4(6)5(7)8/h1-4,6,9,13H,5,12H2,(H,14,15);4H,1-3,7H2,(H,11,12)(H4,8,9,10);4-5H,3,7H2,1-2H3,(H,8,9);4H,2-3,6H2,1H3,(H,7,8)/t9-;4-;5-;4-/m0000/s1. The van der Waals surface area contributed by atoms with Crippen molar-refractivity contribution < 1.29 is 39.6 Å². The van der Waals surface area contributed by atoms with E-state index in [1.165, 1.54) is 0 Å². The molecule has 17 N–H and O–H groups in total. The zero-order chi connectivity index (χ0) is 35.1. The van der Waals surface area contributed by atoms with Crippen molar-refractivity contribution in [3.05, 3.63) is 36.0 Å². The Balaban J connectivity index is 0. The number of H-pyrrole nitrogens is 1. The number of carboxylic acid groups (broad SMARTS) is 4. The lowest BCUT2D eigenvalue weighted by atomic mass is 10.1. The first-order valence-electron chi connectivity index (χ1n) is 14.0. The number of hydrogen-bond acceptors (Lipinski definition) is 10. The molecule has 256 valence electrons. The summed E-state index contributed by atoms with van der Waals surface area (Å²) in [7, 11) is 0. The van der Waals surface area contributed by atoms with Crippen LogP contribution in [0.4, 0.5) is 0 Å². The topological polar surface area (TPSA) is 331 Å². The second-order valence-electron chi connectivity index (χ2n) is 10.2. The number of para-hydroxylation sites is 1. The van der Waals surface area contributed by atoms with Crippen LogP contribution in [0.25, 0.3) is 10.9 Å². The molecule has 1 heterocycles. The summed E-state index contributed by atoms with van der Waals surface area (Å²) < 4.78 is 0. The Hall–Kier alpha value is -3.90. The monoisotopic (exact) mass is 658 g/mol. The van der Waals surface area contributed by atoms with E-state index in [2.05, 4.69) is 10.3 Å². The van der Waals surface area contributed by atoms with E-state index >= 15 is 0 Å². The Morgan fingerprint density at radius 1 is 0.867 bits per heavy atom. The number of rotatable bonds is 15. The fourth-order valence-electron chi connectivity index (χ4n) is 3.27. The Kier molecular flexibility index (Phi) is 23.5. The van der Waals surface area contributed by atoms with Gasteiger partial charge in [-0.3, -0.25) is 24.6 Å². The average molecular weight is 659 g/mol. The van der Waals surface area contributed by atoms with Gasteiger partial charge >= 0.3 is 23.9 Å². The van der Waals surface area contributed by atoms with Crippen molar-refractivity contribution in [2.24, 2.45) is 34.6 Å². The van der Waals surface area contributed by atoms with Crippen LogP contribution >= 0.6 is 11.8 Å². The second kappa shape index (κ2) is 24.4. The summed E-state index contributed by atoms with van der Waals surface area (Å²) in [5, 5.41) is 44.0. The number of guanidine groups is 1. The third-order valence-corrected chi connectivity index (χ3v) is 6.39. The molecule has 0 radical (unpaired) electrons. The van der Waals surface area contributed by atoms with Gasteiger partial charge in [-0.1, -0.05) is 32.0 Å². The summed E-state index contributed by atoms with van der Waals surface area (Å²) in [6.07, 6.45) is 6.16. The van der Waals surface area contributed by atoms with Crippen molar-refractivity contribution in [2.45, 2.75) is 70.1 Å². The lowest BCUT2D eigenvalue weighted by Crippen LogP contribution is -2.34. The zero-order valence-electron chi connectivity index (χ0n) is 25.9. The SMILES string of the molecule is CC(C)C[C@H](N)C(=O)O.CSCC[C@H](N)C(=O)O.N=C(N)NCCC[C@H](N)C(=O)O.N[C@@H](Cc1c[nH]c2ccccc12)C(=O)O. The van der Waals surface area contributed by atoms with Crippen molar-refractivity contribution in [3.8, 4) is 0 Å². The van der Waals surface area contributed by atoms with Gasteiger partial charge in [0.15, 0.2) is 5.96 Å². The van der Waals surface area contributed by atoms with Gasteiger partial charge in [0.2, 0.25) is 0 Å². The van der Waals surface area contributed by atoms with Crippen LogP contribution < -0.4 is 34.0 Å². The summed E-state index contributed by atoms with van der Waals surface area (Å²) in [6.45, 7) is 4.38. The van der Waals surface area contributed by atoms with E-state index in [0.717, 1.165) is 22.2 Å². The van der Waals surface area contributed by atoms with E-state index in [4.69, 9.17) is 54.5 Å². The largest absolute Gasteiger partial charge is 0.480 e. The first kappa shape index (κ1) is 43.2. The number of nitrogens with two attached hydrogens (primary N) is 5. The van der Waals surface area contributed by atoms with E-state index in [-0.39, 0.29) is 5.96 Å². The molecule has 0 aliphatic heterocycles. The molecule has 0 unspecified atom stereocenters. The van der Waals surface area contributed by atoms with E-state index in [1.54, 1.807) is 11.8 Å². The van der Waals surface area contributed by atoms with Gasteiger partial charge in [0, 0.05) is 30.1 Å². The smallest absolute Gasteiger partial charge is 0.320 e. The molecular weight excluding hydrogens is 608 g/mol. The van der Waals surface area contributed by atoms with Crippen molar-refractivity contribution in [1.29, 1.82) is 5.41 Å².